The summed E-state index contributed by atoms with van der Waals surface area (Å²) in [5.74, 6) is 0. The van der Waals surface area contributed by atoms with Crippen molar-refractivity contribution in [1.29, 1.82) is 0 Å². The molecule has 0 radical (unpaired) electrons. The number of anilines is 3. The summed E-state index contributed by atoms with van der Waals surface area (Å²) in [6.07, 6.45) is 0. The van der Waals surface area contributed by atoms with Gasteiger partial charge in [0.1, 0.15) is 11.2 Å². The maximum absolute atomic E-state index is 6.52. The largest absolute Gasteiger partial charge is 0.455 e. The average Bonchev–Trinajstić information content (AvgIpc) is 3.62. The normalized spacial score (nSPS) is 11.7. The Morgan fingerprint density at radius 1 is 0.315 bits per heavy atom. The van der Waals surface area contributed by atoms with Crippen LogP contribution in [-0.4, -0.2) is 0 Å². The van der Waals surface area contributed by atoms with Gasteiger partial charge >= 0.3 is 0 Å². The van der Waals surface area contributed by atoms with Crippen LogP contribution in [0.25, 0.3) is 87.3 Å². The molecule has 0 unspecified atom stereocenters. The van der Waals surface area contributed by atoms with Crippen molar-refractivity contribution in [1.82, 2.24) is 0 Å². The zero-order chi connectivity index (χ0) is 35.6. The van der Waals surface area contributed by atoms with Crippen molar-refractivity contribution >= 4 is 82.1 Å². The van der Waals surface area contributed by atoms with Crippen molar-refractivity contribution in [3.63, 3.8) is 0 Å². The van der Waals surface area contributed by atoms with Crippen molar-refractivity contribution in [2.24, 2.45) is 0 Å². The van der Waals surface area contributed by atoms with Gasteiger partial charge in [-0.05, 0) is 109 Å². The van der Waals surface area contributed by atoms with Gasteiger partial charge in [0.05, 0.1) is 5.69 Å². The molecule has 0 bridgehead atoms. The van der Waals surface area contributed by atoms with E-state index in [4.69, 9.17) is 4.42 Å². The molecule has 0 aliphatic rings. The van der Waals surface area contributed by atoms with Crippen molar-refractivity contribution in [2.75, 3.05) is 4.90 Å². The topological polar surface area (TPSA) is 16.4 Å². The van der Waals surface area contributed by atoms with Crippen LogP contribution in [0.3, 0.4) is 0 Å². The lowest BCUT2D eigenvalue weighted by Gasteiger charge is -2.28. The number of rotatable bonds is 5. The minimum atomic E-state index is 0.893. The van der Waals surface area contributed by atoms with Crippen molar-refractivity contribution in [3.05, 3.63) is 200 Å². The fourth-order valence-corrected chi connectivity index (χ4v) is 8.35. The molecular formula is C52H33NO. The van der Waals surface area contributed by atoms with Crippen LogP contribution in [0, 0.1) is 0 Å². The van der Waals surface area contributed by atoms with Crippen LogP contribution in [0.1, 0.15) is 0 Å². The Hall–Kier alpha value is -7.16. The van der Waals surface area contributed by atoms with E-state index in [9.17, 15) is 0 Å². The molecule has 0 saturated heterocycles. The fourth-order valence-electron chi connectivity index (χ4n) is 8.35. The second-order valence-electron chi connectivity index (χ2n) is 14.1. The van der Waals surface area contributed by atoms with Gasteiger partial charge in [0.25, 0.3) is 0 Å². The molecule has 0 atom stereocenters. The van der Waals surface area contributed by atoms with E-state index < -0.39 is 0 Å². The lowest BCUT2D eigenvalue weighted by Crippen LogP contribution is -2.11. The van der Waals surface area contributed by atoms with Gasteiger partial charge in [0.2, 0.25) is 0 Å². The number of fused-ring (bicyclic) bond motifs is 9. The molecule has 0 fully saturated rings. The summed E-state index contributed by atoms with van der Waals surface area (Å²) in [7, 11) is 0. The lowest BCUT2D eigenvalue weighted by molar-refractivity contribution is 0.672. The molecule has 0 spiro atoms. The van der Waals surface area contributed by atoms with Crippen LogP contribution in [0.15, 0.2) is 205 Å². The summed E-state index contributed by atoms with van der Waals surface area (Å²) >= 11 is 0. The summed E-state index contributed by atoms with van der Waals surface area (Å²) < 4.78 is 6.52. The predicted octanol–water partition coefficient (Wildman–Crippen LogP) is 15.0. The minimum absolute atomic E-state index is 0.893. The first kappa shape index (κ1) is 30.5. The van der Waals surface area contributed by atoms with E-state index in [0.29, 0.717) is 0 Å². The van der Waals surface area contributed by atoms with Crippen molar-refractivity contribution < 1.29 is 4.42 Å². The van der Waals surface area contributed by atoms with E-state index in [0.717, 1.165) is 55.5 Å². The molecule has 252 valence electrons. The maximum atomic E-state index is 6.52. The Morgan fingerprint density at radius 3 is 1.85 bits per heavy atom. The highest BCUT2D eigenvalue weighted by Gasteiger charge is 2.20. The average molecular weight is 688 g/mol. The molecule has 10 aromatic carbocycles. The molecule has 11 rings (SSSR count). The number of benzene rings is 10. The summed E-state index contributed by atoms with van der Waals surface area (Å²) in [5, 5.41) is 12.0. The highest BCUT2D eigenvalue weighted by Crippen LogP contribution is 2.44. The Bertz CT molecular complexity index is 3240. The monoisotopic (exact) mass is 687 g/mol. The summed E-state index contributed by atoms with van der Waals surface area (Å²) in [6.45, 7) is 0. The quantitative estimate of drug-likeness (QED) is 0.168. The van der Waals surface area contributed by atoms with Gasteiger partial charge < -0.3 is 9.32 Å². The van der Waals surface area contributed by atoms with E-state index in [-0.39, 0.29) is 0 Å². The molecule has 0 amide bonds. The summed E-state index contributed by atoms with van der Waals surface area (Å²) in [6, 6.07) is 72.5. The molecule has 0 N–H and O–H groups in total. The number of hydrogen-bond donors (Lipinski definition) is 0. The molecule has 0 aliphatic heterocycles. The third-order valence-electron chi connectivity index (χ3n) is 11.0. The van der Waals surface area contributed by atoms with Crippen LogP contribution in [0.5, 0.6) is 0 Å². The first-order chi connectivity index (χ1) is 26.7. The van der Waals surface area contributed by atoms with Crippen LogP contribution < -0.4 is 4.90 Å². The van der Waals surface area contributed by atoms with Gasteiger partial charge in [-0.15, -0.1) is 0 Å². The molecular weight excluding hydrogens is 655 g/mol. The minimum Gasteiger partial charge on any atom is -0.455 e. The lowest BCUT2D eigenvalue weighted by atomic mass is 9.97. The maximum Gasteiger partial charge on any atom is 0.143 e. The Morgan fingerprint density at radius 2 is 0.944 bits per heavy atom. The molecule has 1 aromatic heterocycles. The summed E-state index contributed by atoms with van der Waals surface area (Å²) in [5.41, 5.74) is 9.77. The molecule has 0 saturated carbocycles. The van der Waals surface area contributed by atoms with Gasteiger partial charge in [0, 0.05) is 33.1 Å². The third-order valence-corrected chi connectivity index (χ3v) is 11.0. The van der Waals surface area contributed by atoms with Crippen molar-refractivity contribution in [2.45, 2.75) is 0 Å². The van der Waals surface area contributed by atoms with E-state index in [2.05, 4.69) is 205 Å². The second kappa shape index (κ2) is 12.2. The number of nitrogens with zero attached hydrogens (tertiary/aromatic N) is 1. The van der Waals surface area contributed by atoms with E-state index in [1.54, 1.807) is 0 Å². The van der Waals surface area contributed by atoms with Gasteiger partial charge in [-0.3, -0.25) is 0 Å². The predicted molar refractivity (Wildman–Crippen MR) is 229 cm³/mol. The fraction of sp³-hybridized carbons (Fsp3) is 0. The Kier molecular flexibility index (Phi) is 6.90. The molecule has 2 heteroatoms. The van der Waals surface area contributed by atoms with Crippen molar-refractivity contribution in [3.8, 4) is 22.3 Å². The highest BCUT2D eigenvalue weighted by atomic mass is 16.3. The van der Waals surface area contributed by atoms with Crippen LogP contribution >= 0.6 is 0 Å². The van der Waals surface area contributed by atoms with Gasteiger partial charge in [-0.1, -0.05) is 146 Å². The number of para-hydroxylation sites is 1. The van der Waals surface area contributed by atoms with Gasteiger partial charge in [-0.2, -0.15) is 0 Å². The third kappa shape index (κ3) is 4.96. The molecule has 11 aromatic rings. The zero-order valence-corrected chi connectivity index (χ0v) is 29.4. The van der Waals surface area contributed by atoms with Gasteiger partial charge in [-0.25, -0.2) is 0 Å². The highest BCUT2D eigenvalue weighted by molar-refractivity contribution is 6.16. The molecule has 0 aliphatic carbocycles. The van der Waals surface area contributed by atoms with E-state index in [1.165, 1.54) is 48.8 Å². The standard InChI is InChI=1S/C52H33NO/c1-2-13-37-30-39(22-20-34(37)10-1)38-14-9-15-42(31-38)53(43-26-28-45-40(32-43)23-21-35-11-3-5-16-44(35)45)50-19-8-7-17-46(50)41-25-29-51-49(33-41)48-27-24-36-12-4-6-18-47(36)52(48)54-51/h1-33H. The van der Waals surface area contributed by atoms with E-state index >= 15 is 0 Å². The molecule has 1 heterocycles. The first-order valence-corrected chi connectivity index (χ1v) is 18.5. The Balaban J connectivity index is 1.11. The van der Waals surface area contributed by atoms with Crippen LogP contribution in [0.2, 0.25) is 0 Å². The van der Waals surface area contributed by atoms with E-state index in [1.807, 2.05) is 0 Å². The summed E-state index contributed by atoms with van der Waals surface area (Å²) in [4.78, 5) is 2.42. The smallest absolute Gasteiger partial charge is 0.143 e. The number of furan rings is 1. The van der Waals surface area contributed by atoms with Crippen LogP contribution in [0.4, 0.5) is 17.1 Å². The second-order valence-corrected chi connectivity index (χ2v) is 14.1. The van der Waals surface area contributed by atoms with Gasteiger partial charge in [0.15, 0.2) is 0 Å². The zero-order valence-electron chi connectivity index (χ0n) is 29.4. The molecule has 54 heavy (non-hydrogen) atoms. The van der Waals surface area contributed by atoms with Crippen LogP contribution in [-0.2, 0) is 0 Å². The number of hydrogen-bond acceptors (Lipinski definition) is 2. The Labute approximate surface area is 312 Å². The molecule has 2 nitrogen and oxygen atoms in total. The first-order valence-electron chi connectivity index (χ1n) is 18.5. The SMILES string of the molecule is c1cc(-c2ccc3ccccc3c2)cc(N(c2ccc3c(ccc4ccccc43)c2)c2ccccc2-c2ccc3oc4c5ccccc5ccc4c3c2)c1.